The molecule has 2 N–H and O–H groups in total. The molecule has 2 aromatic rings. The fraction of sp³-hybridized carbons (Fsp3) is 0.409. The van der Waals surface area contributed by atoms with Crippen molar-refractivity contribution in [3.8, 4) is 0 Å². The van der Waals surface area contributed by atoms with Crippen molar-refractivity contribution < 1.29 is 4.79 Å². The molecule has 0 radical (unpaired) electrons. The Morgan fingerprint density at radius 1 is 1.25 bits per heavy atom. The zero-order valence-corrected chi connectivity index (χ0v) is 16.9. The maximum absolute atomic E-state index is 13.0. The summed E-state index contributed by atoms with van der Waals surface area (Å²) in [5.41, 5.74) is 2.50. The largest absolute Gasteiger partial charge is 0.364 e. The van der Waals surface area contributed by atoms with E-state index in [1.807, 2.05) is 29.9 Å². The summed E-state index contributed by atoms with van der Waals surface area (Å²) in [5.74, 6) is 1.44. The van der Waals surface area contributed by atoms with Crippen molar-refractivity contribution in [1.29, 1.82) is 0 Å². The van der Waals surface area contributed by atoms with Crippen molar-refractivity contribution in [3.05, 3.63) is 65.0 Å². The van der Waals surface area contributed by atoms with Gasteiger partial charge < -0.3 is 10.6 Å². The molecule has 2 aliphatic carbocycles. The molecule has 1 heterocycles. The summed E-state index contributed by atoms with van der Waals surface area (Å²) in [6, 6.07) is 10.2. The van der Waals surface area contributed by atoms with Crippen molar-refractivity contribution in [3.63, 3.8) is 0 Å². The van der Waals surface area contributed by atoms with Crippen LogP contribution in [0.15, 0.2) is 48.0 Å². The second-order valence-electron chi connectivity index (χ2n) is 7.51. The molecule has 1 unspecified atom stereocenters. The Kier molecular flexibility index (Phi) is 5.95. The predicted octanol–water partition coefficient (Wildman–Crippen LogP) is 4.35. The minimum atomic E-state index is -0.159. The number of carbonyl (C=O) groups excluding carboxylic acids is 1. The van der Waals surface area contributed by atoms with Crippen molar-refractivity contribution in [2.75, 3.05) is 11.6 Å². The topological polar surface area (TPSA) is 66.9 Å². The van der Waals surface area contributed by atoms with E-state index in [0.717, 1.165) is 36.9 Å². The molecule has 146 valence electrons. The lowest BCUT2D eigenvalue weighted by molar-refractivity contribution is 0.0936. The van der Waals surface area contributed by atoms with E-state index in [2.05, 4.69) is 33.8 Å². The molecule has 0 bridgehead atoms. The van der Waals surface area contributed by atoms with Gasteiger partial charge in [-0.25, -0.2) is 9.97 Å². The van der Waals surface area contributed by atoms with E-state index in [1.54, 1.807) is 18.0 Å². The summed E-state index contributed by atoms with van der Waals surface area (Å²) in [7, 11) is 0. The van der Waals surface area contributed by atoms with Crippen molar-refractivity contribution >= 4 is 23.5 Å². The van der Waals surface area contributed by atoms with Gasteiger partial charge in [0.05, 0.1) is 11.7 Å². The highest BCUT2D eigenvalue weighted by atomic mass is 32.2. The molecule has 0 saturated heterocycles. The molecule has 1 amide bonds. The predicted molar refractivity (Wildman–Crippen MR) is 114 cm³/mol. The van der Waals surface area contributed by atoms with Gasteiger partial charge in [-0.1, -0.05) is 36.4 Å². The Bertz CT molecular complexity index is 847. The summed E-state index contributed by atoms with van der Waals surface area (Å²) in [6.45, 7) is 0.613. The van der Waals surface area contributed by atoms with Gasteiger partial charge in [-0.2, -0.15) is 0 Å². The highest BCUT2D eigenvalue weighted by molar-refractivity contribution is 8.01. The Morgan fingerprint density at radius 2 is 2.04 bits per heavy atom. The van der Waals surface area contributed by atoms with Crippen molar-refractivity contribution in [2.45, 2.75) is 44.2 Å². The van der Waals surface area contributed by atoms with E-state index in [4.69, 9.17) is 4.98 Å². The molecular weight excluding hydrogens is 368 g/mol. The van der Waals surface area contributed by atoms with Gasteiger partial charge in [0.15, 0.2) is 11.5 Å². The number of anilines is 1. The van der Waals surface area contributed by atoms with Gasteiger partial charge in [-0.15, -0.1) is 11.8 Å². The summed E-state index contributed by atoms with van der Waals surface area (Å²) >= 11 is 1.65. The van der Waals surface area contributed by atoms with Crippen LogP contribution in [0.4, 0.5) is 5.82 Å². The first-order valence-corrected chi connectivity index (χ1v) is 11.2. The number of amides is 1. The monoisotopic (exact) mass is 394 g/mol. The van der Waals surface area contributed by atoms with Gasteiger partial charge in [-0.05, 0) is 48.8 Å². The van der Waals surface area contributed by atoms with Crippen LogP contribution in [0.3, 0.4) is 0 Å². The third-order valence-corrected chi connectivity index (χ3v) is 5.58. The van der Waals surface area contributed by atoms with Crippen LogP contribution in [0, 0.1) is 5.92 Å². The van der Waals surface area contributed by atoms with Gasteiger partial charge in [0.25, 0.3) is 5.91 Å². The number of aromatic nitrogens is 2. The summed E-state index contributed by atoms with van der Waals surface area (Å²) < 4.78 is 0. The molecule has 0 aliphatic heterocycles. The quantitative estimate of drug-likeness (QED) is 0.662. The van der Waals surface area contributed by atoms with Crippen LogP contribution < -0.4 is 10.6 Å². The standard InChI is InChI=1S/C22H26N4OS/c1-28-12-11-18(16-7-8-16)26-22(27)20-21(24-13-15-5-3-2-4-6-15)25-19(14-23-20)17-9-10-17/h2-6,11-12,14,16-18H,7-10,13H2,1H3,(H,24,25)(H,26,27)/b12-11+. The smallest absolute Gasteiger partial charge is 0.274 e. The normalized spacial score (nSPS) is 17.5. The lowest BCUT2D eigenvalue weighted by Gasteiger charge is -2.16. The number of nitrogens with zero attached hydrogens (tertiary/aromatic N) is 2. The minimum Gasteiger partial charge on any atom is -0.364 e. The Balaban J connectivity index is 1.52. The molecule has 6 heteroatoms. The summed E-state index contributed by atoms with van der Waals surface area (Å²) in [5, 5.41) is 8.53. The molecule has 1 aromatic carbocycles. The van der Waals surface area contributed by atoms with Gasteiger partial charge in [0, 0.05) is 18.7 Å². The van der Waals surface area contributed by atoms with E-state index < -0.39 is 0 Å². The van der Waals surface area contributed by atoms with Crippen LogP contribution in [-0.2, 0) is 6.54 Å². The van der Waals surface area contributed by atoms with Crippen LogP contribution in [0.5, 0.6) is 0 Å². The van der Waals surface area contributed by atoms with E-state index in [9.17, 15) is 4.79 Å². The van der Waals surface area contributed by atoms with Crippen LogP contribution >= 0.6 is 11.8 Å². The Labute approximate surface area is 170 Å². The van der Waals surface area contributed by atoms with Gasteiger partial charge in [0.1, 0.15) is 0 Å². The van der Waals surface area contributed by atoms with Crippen molar-refractivity contribution in [1.82, 2.24) is 15.3 Å². The highest BCUT2D eigenvalue weighted by Crippen LogP contribution is 2.39. The zero-order chi connectivity index (χ0) is 19.3. The SMILES string of the molecule is CS/C=C/C(NC(=O)c1ncc(C2CC2)nc1NCc1ccccc1)C1CC1. The first-order valence-electron chi connectivity index (χ1n) is 9.89. The van der Waals surface area contributed by atoms with Crippen LogP contribution in [0.25, 0.3) is 0 Å². The maximum Gasteiger partial charge on any atom is 0.274 e. The molecule has 2 saturated carbocycles. The van der Waals surface area contributed by atoms with E-state index in [1.165, 1.54) is 0 Å². The number of nitrogens with one attached hydrogen (secondary N) is 2. The number of rotatable bonds is 9. The van der Waals surface area contributed by atoms with Crippen LogP contribution in [0.2, 0.25) is 0 Å². The molecule has 1 atom stereocenters. The zero-order valence-electron chi connectivity index (χ0n) is 16.1. The number of thioether (sulfide) groups is 1. The fourth-order valence-electron chi connectivity index (χ4n) is 3.21. The fourth-order valence-corrected chi connectivity index (χ4v) is 3.54. The Morgan fingerprint density at radius 3 is 2.71 bits per heavy atom. The lowest BCUT2D eigenvalue weighted by Crippen LogP contribution is -2.36. The molecule has 4 rings (SSSR count). The van der Waals surface area contributed by atoms with E-state index in [-0.39, 0.29) is 11.9 Å². The summed E-state index contributed by atoms with van der Waals surface area (Å²) in [4.78, 5) is 22.2. The average Bonchev–Trinajstić information content (AvgIpc) is 3.62. The van der Waals surface area contributed by atoms with E-state index in [0.29, 0.717) is 29.9 Å². The molecular formula is C22H26N4OS. The van der Waals surface area contributed by atoms with E-state index >= 15 is 0 Å². The highest BCUT2D eigenvalue weighted by Gasteiger charge is 2.32. The summed E-state index contributed by atoms with van der Waals surface area (Å²) in [6.07, 6.45) is 10.5. The molecule has 2 aliphatic rings. The first kappa shape index (κ1) is 19.0. The Hall–Kier alpha value is -2.34. The maximum atomic E-state index is 13.0. The number of hydrogen-bond donors (Lipinski definition) is 2. The average molecular weight is 395 g/mol. The third-order valence-electron chi connectivity index (χ3n) is 5.15. The first-order chi connectivity index (χ1) is 13.7. The molecule has 0 spiro atoms. The second kappa shape index (κ2) is 8.78. The van der Waals surface area contributed by atoms with Crippen molar-refractivity contribution in [2.24, 2.45) is 5.92 Å². The number of hydrogen-bond acceptors (Lipinski definition) is 5. The molecule has 1 aromatic heterocycles. The molecule has 28 heavy (non-hydrogen) atoms. The van der Waals surface area contributed by atoms with Gasteiger partial charge in [-0.3, -0.25) is 4.79 Å². The van der Waals surface area contributed by atoms with Gasteiger partial charge in [0.2, 0.25) is 0 Å². The third kappa shape index (κ3) is 4.93. The number of carbonyl (C=O) groups is 1. The second-order valence-corrected chi connectivity index (χ2v) is 8.25. The number of benzene rings is 1. The minimum absolute atomic E-state index is 0.0619. The molecule has 2 fully saturated rings. The molecule has 5 nitrogen and oxygen atoms in total. The lowest BCUT2D eigenvalue weighted by atomic mass is 10.1. The van der Waals surface area contributed by atoms with Crippen LogP contribution in [-0.4, -0.2) is 28.2 Å². The van der Waals surface area contributed by atoms with Crippen LogP contribution in [0.1, 0.15) is 53.3 Å². The van der Waals surface area contributed by atoms with Gasteiger partial charge >= 0.3 is 0 Å².